The third kappa shape index (κ3) is 2.74. The van der Waals surface area contributed by atoms with Crippen LogP contribution in [-0.4, -0.2) is 23.3 Å². The molecular weight excluding hydrogens is 290 g/mol. The molecule has 4 rings (SSSR count). The van der Waals surface area contributed by atoms with E-state index in [0.717, 1.165) is 30.0 Å². The van der Waals surface area contributed by atoms with Gasteiger partial charge >= 0.3 is 0 Å². The van der Waals surface area contributed by atoms with Gasteiger partial charge in [-0.2, -0.15) is 4.98 Å². The van der Waals surface area contributed by atoms with Crippen LogP contribution in [0, 0.1) is 5.41 Å². The Balaban J connectivity index is 1.45. The monoisotopic (exact) mass is 313 g/mol. The predicted octanol–water partition coefficient (Wildman–Crippen LogP) is 3.51. The summed E-state index contributed by atoms with van der Waals surface area (Å²) in [5, 5.41) is 4.15. The van der Waals surface area contributed by atoms with E-state index in [9.17, 15) is 0 Å². The van der Waals surface area contributed by atoms with Gasteiger partial charge in [0, 0.05) is 17.5 Å². The minimum absolute atomic E-state index is 0.405. The Morgan fingerprint density at radius 3 is 2.78 bits per heavy atom. The fraction of sp³-hybridized carbons (Fsp3) is 0.556. The highest BCUT2D eigenvalue weighted by Crippen LogP contribution is 2.58. The van der Waals surface area contributed by atoms with Crippen molar-refractivity contribution >= 4 is 0 Å². The van der Waals surface area contributed by atoms with Crippen molar-refractivity contribution in [2.24, 2.45) is 11.1 Å². The lowest BCUT2D eigenvalue weighted by Gasteiger charge is -2.50. The molecule has 2 N–H and O–H groups in total. The molecule has 1 heterocycles. The SMILES string of the molecule is COc1cccc(-c2noc(C3CC4(CCC(N)CC4)C3)n2)c1. The molecule has 2 aromatic rings. The molecule has 0 atom stereocenters. The number of benzene rings is 1. The number of hydrogen-bond donors (Lipinski definition) is 1. The molecule has 0 radical (unpaired) electrons. The van der Waals surface area contributed by atoms with E-state index in [2.05, 4.69) is 10.1 Å². The Labute approximate surface area is 136 Å². The average molecular weight is 313 g/mol. The van der Waals surface area contributed by atoms with Gasteiger partial charge in [-0.3, -0.25) is 0 Å². The first-order valence-electron chi connectivity index (χ1n) is 8.41. The molecule has 0 aliphatic heterocycles. The summed E-state index contributed by atoms with van der Waals surface area (Å²) in [6, 6.07) is 8.16. The summed E-state index contributed by atoms with van der Waals surface area (Å²) in [4.78, 5) is 4.61. The minimum Gasteiger partial charge on any atom is -0.497 e. The quantitative estimate of drug-likeness (QED) is 0.938. The van der Waals surface area contributed by atoms with Crippen molar-refractivity contribution in [1.29, 1.82) is 0 Å². The van der Waals surface area contributed by atoms with Gasteiger partial charge in [-0.1, -0.05) is 17.3 Å². The van der Waals surface area contributed by atoms with E-state index in [4.69, 9.17) is 15.0 Å². The number of methoxy groups -OCH3 is 1. The highest BCUT2D eigenvalue weighted by Gasteiger charge is 2.48. The molecule has 1 spiro atoms. The van der Waals surface area contributed by atoms with Crippen LogP contribution < -0.4 is 10.5 Å². The van der Waals surface area contributed by atoms with E-state index in [1.54, 1.807) is 7.11 Å². The minimum atomic E-state index is 0.405. The van der Waals surface area contributed by atoms with Crippen molar-refractivity contribution in [3.8, 4) is 17.1 Å². The molecule has 0 saturated heterocycles. The van der Waals surface area contributed by atoms with Gasteiger partial charge in [0.15, 0.2) is 0 Å². The van der Waals surface area contributed by atoms with Crippen LogP contribution in [0.5, 0.6) is 5.75 Å². The van der Waals surface area contributed by atoms with Crippen molar-refractivity contribution in [2.75, 3.05) is 7.11 Å². The van der Waals surface area contributed by atoms with Gasteiger partial charge < -0.3 is 15.0 Å². The van der Waals surface area contributed by atoms with Gasteiger partial charge in [0.2, 0.25) is 11.7 Å². The van der Waals surface area contributed by atoms with Crippen LogP contribution in [0.15, 0.2) is 28.8 Å². The first-order valence-corrected chi connectivity index (χ1v) is 8.41. The number of hydrogen-bond acceptors (Lipinski definition) is 5. The molecule has 0 amide bonds. The Morgan fingerprint density at radius 2 is 2.04 bits per heavy atom. The van der Waals surface area contributed by atoms with E-state index in [0.29, 0.717) is 23.2 Å². The van der Waals surface area contributed by atoms with E-state index in [1.165, 1.54) is 25.7 Å². The summed E-state index contributed by atoms with van der Waals surface area (Å²) in [6.45, 7) is 0. The van der Waals surface area contributed by atoms with Crippen molar-refractivity contribution in [1.82, 2.24) is 10.1 Å². The van der Waals surface area contributed by atoms with E-state index >= 15 is 0 Å². The lowest BCUT2D eigenvalue weighted by molar-refractivity contribution is 0.0335. The van der Waals surface area contributed by atoms with Crippen LogP contribution in [0.4, 0.5) is 0 Å². The molecule has 122 valence electrons. The summed E-state index contributed by atoms with van der Waals surface area (Å²) in [6.07, 6.45) is 7.15. The molecule has 2 saturated carbocycles. The number of ether oxygens (including phenoxy) is 1. The predicted molar refractivity (Wildman–Crippen MR) is 87.1 cm³/mol. The van der Waals surface area contributed by atoms with Crippen LogP contribution in [0.1, 0.15) is 50.3 Å². The van der Waals surface area contributed by atoms with Crippen molar-refractivity contribution in [3.63, 3.8) is 0 Å². The normalized spacial score (nSPS) is 30.2. The topological polar surface area (TPSA) is 74.2 Å². The van der Waals surface area contributed by atoms with Gasteiger partial charge in [0.25, 0.3) is 0 Å². The maximum Gasteiger partial charge on any atom is 0.230 e. The van der Waals surface area contributed by atoms with E-state index in [-0.39, 0.29) is 0 Å². The molecule has 2 aliphatic carbocycles. The van der Waals surface area contributed by atoms with Crippen LogP contribution in [-0.2, 0) is 0 Å². The van der Waals surface area contributed by atoms with E-state index < -0.39 is 0 Å². The highest BCUT2D eigenvalue weighted by molar-refractivity contribution is 5.56. The summed E-state index contributed by atoms with van der Waals surface area (Å²) >= 11 is 0. The number of rotatable bonds is 3. The third-order valence-electron chi connectivity index (χ3n) is 5.57. The maximum atomic E-state index is 6.02. The second-order valence-corrected chi connectivity index (χ2v) is 7.13. The van der Waals surface area contributed by atoms with Crippen molar-refractivity contribution in [2.45, 2.75) is 50.5 Å². The highest BCUT2D eigenvalue weighted by atomic mass is 16.5. The summed E-state index contributed by atoms with van der Waals surface area (Å²) < 4.78 is 10.8. The van der Waals surface area contributed by atoms with Gasteiger partial charge in [-0.15, -0.1) is 0 Å². The third-order valence-corrected chi connectivity index (χ3v) is 5.57. The van der Waals surface area contributed by atoms with Gasteiger partial charge in [-0.05, 0) is 56.1 Å². The second kappa shape index (κ2) is 5.64. The van der Waals surface area contributed by atoms with Crippen LogP contribution in [0.3, 0.4) is 0 Å². The number of nitrogens with two attached hydrogens (primary N) is 1. The van der Waals surface area contributed by atoms with E-state index in [1.807, 2.05) is 24.3 Å². The summed E-state index contributed by atoms with van der Waals surface area (Å²) in [5.74, 6) is 2.64. The lowest BCUT2D eigenvalue weighted by Crippen LogP contribution is -2.42. The zero-order chi connectivity index (χ0) is 15.9. The van der Waals surface area contributed by atoms with Crippen LogP contribution in [0.2, 0.25) is 0 Å². The Bertz CT molecular complexity index is 681. The molecule has 5 heteroatoms. The molecule has 2 aliphatic rings. The van der Waals surface area contributed by atoms with Gasteiger partial charge in [0.1, 0.15) is 5.75 Å². The Kier molecular flexibility index (Phi) is 3.60. The fourth-order valence-corrected chi connectivity index (χ4v) is 4.10. The largest absolute Gasteiger partial charge is 0.497 e. The first-order chi connectivity index (χ1) is 11.2. The summed E-state index contributed by atoms with van der Waals surface area (Å²) in [7, 11) is 1.66. The van der Waals surface area contributed by atoms with Gasteiger partial charge in [0.05, 0.1) is 7.11 Å². The zero-order valence-corrected chi connectivity index (χ0v) is 13.5. The summed E-state index contributed by atoms with van der Waals surface area (Å²) in [5.41, 5.74) is 7.44. The molecule has 23 heavy (non-hydrogen) atoms. The number of aromatic nitrogens is 2. The smallest absolute Gasteiger partial charge is 0.230 e. The standard InChI is InChI=1S/C18H23N3O2/c1-22-15-4-2-3-12(9-15)16-20-17(23-21-16)13-10-18(11-13)7-5-14(19)6-8-18/h2-4,9,13-14H,5-8,10-11,19H2,1H3. The molecule has 2 fully saturated rings. The van der Waals surface area contributed by atoms with Crippen molar-refractivity contribution in [3.05, 3.63) is 30.2 Å². The number of nitrogens with zero attached hydrogens (tertiary/aromatic N) is 2. The molecule has 0 bridgehead atoms. The lowest BCUT2D eigenvalue weighted by atomic mass is 9.55. The molecule has 0 unspecified atom stereocenters. The molecule has 5 nitrogen and oxygen atoms in total. The molecule has 1 aromatic carbocycles. The Hall–Kier alpha value is -1.88. The van der Waals surface area contributed by atoms with Crippen molar-refractivity contribution < 1.29 is 9.26 Å². The fourth-order valence-electron chi connectivity index (χ4n) is 4.10. The molecular formula is C18H23N3O2. The van der Waals surface area contributed by atoms with Gasteiger partial charge in [-0.25, -0.2) is 0 Å². The molecule has 1 aromatic heterocycles. The second-order valence-electron chi connectivity index (χ2n) is 7.13. The Morgan fingerprint density at radius 1 is 1.26 bits per heavy atom. The average Bonchev–Trinajstić information content (AvgIpc) is 3.03. The van der Waals surface area contributed by atoms with Crippen LogP contribution in [0.25, 0.3) is 11.4 Å². The van der Waals surface area contributed by atoms with Crippen LogP contribution >= 0.6 is 0 Å². The first kappa shape index (κ1) is 14.7. The zero-order valence-electron chi connectivity index (χ0n) is 13.5. The maximum absolute atomic E-state index is 6.02.